The molecule has 3 aromatic carbocycles. The van der Waals surface area contributed by atoms with E-state index in [9.17, 15) is 9.59 Å². The molecule has 1 aliphatic heterocycles. The lowest BCUT2D eigenvalue weighted by Gasteiger charge is -2.25. The second kappa shape index (κ2) is 12.8. The van der Waals surface area contributed by atoms with E-state index in [-0.39, 0.29) is 17.7 Å². The smallest absolute Gasteiger partial charge is 0.338 e. The molecule has 42 heavy (non-hydrogen) atoms. The highest BCUT2D eigenvalue weighted by molar-refractivity contribution is 7.07. The van der Waals surface area contributed by atoms with E-state index in [1.54, 1.807) is 49.4 Å². The minimum atomic E-state index is -0.835. The number of allylic oxidation sites excluding steroid dienone is 1. The van der Waals surface area contributed by atoms with E-state index in [0.717, 1.165) is 5.56 Å². The van der Waals surface area contributed by atoms with Crippen LogP contribution >= 0.6 is 34.5 Å². The summed E-state index contributed by atoms with van der Waals surface area (Å²) in [4.78, 5) is 32.3. The topological polar surface area (TPSA) is 79.1 Å². The molecule has 10 heteroatoms. The van der Waals surface area contributed by atoms with Gasteiger partial charge in [-0.3, -0.25) is 9.36 Å². The van der Waals surface area contributed by atoms with Crippen molar-refractivity contribution in [3.05, 3.63) is 137 Å². The molecule has 0 fully saturated rings. The fraction of sp³-hybridized carbons (Fsp3) is 0.156. The molecule has 0 N–H and O–H groups in total. The molecule has 5 rings (SSSR count). The zero-order valence-electron chi connectivity index (χ0n) is 22.8. The number of benzene rings is 3. The summed E-state index contributed by atoms with van der Waals surface area (Å²) in [6.45, 7) is 5.71. The average molecular weight is 622 g/mol. The molecule has 1 aromatic heterocycles. The highest BCUT2D eigenvalue weighted by Gasteiger charge is 2.34. The number of nitrogens with zero attached hydrogens (tertiary/aromatic N) is 2. The summed E-state index contributed by atoms with van der Waals surface area (Å²) in [6, 6.07) is 19.3. The lowest BCUT2D eigenvalue weighted by atomic mass is 9.95. The molecule has 0 amide bonds. The first-order valence-corrected chi connectivity index (χ1v) is 14.5. The number of ether oxygens (including phenoxy) is 3. The third-order valence-electron chi connectivity index (χ3n) is 6.56. The van der Waals surface area contributed by atoms with Crippen LogP contribution in [0.3, 0.4) is 0 Å². The van der Waals surface area contributed by atoms with Crippen LogP contribution in [0.5, 0.6) is 11.5 Å². The molecule has 0 aliphatic carbocycles. The zero-order valence-corrected chi connectivity index (χ0v) is 25.1. The number of hydrogen-bond acceptors (Lipinski definition) is 7. The van der Waals surface area contributed by atoms with Crippen molar-refractivity contribution in [2.75, 3.05) is 13.7 Å². The van der Waals surface area contributed by atoms with Crippen molar-refractivity contribution in [2.45, 2.75) is 19.6 Å². The Morgan fingerprint density at radius 1 is 1.10 bits per heavy atom. The molecule has 0 bridgehead atoms. The van der Waals surface area contributed by atoms with Gasteiger partial charge in [0.25, 0.3) is 5.56 Å². The predicted octanol–water partition coefficient (Wildman–Crippen LogP) is 5.86. The molecule has 214 valence electrons. The van der Waals surface area contributed by atoms with E-state index >= 15 is 0 Å². The van der Waals surface area contributed by atoms with Gasteiger partial charge in [-0.1, -0.05) is 89.7 Å². The van der Waals surface area contributed by atoms with Crippen LogP contribution in [0.25, 0.3) is 6.08 Å². The van der Waals surface area contributed by atoms with Crippen molar-refractivity contribution >= 4 is 46.6 Å². The number of esters is 1. The first-order valence-electron chi connectivity index (χ1n) is 12.9. The maximum Gasteiger partial charge on any atom is 0.338 e. The molecule has 0 radical (unpaired) electrons. The average Bonchev–Trinajstić information content (AvgIpc) is 3.29. The van der Waals surface area contributed by atoms with Crippen molar-refractivity contribution in [1.29, 1.82) is 0 Å². The fourth-order valence-corrected chi connectivity index (χ4v) is 6.08. The van der Waals surface area contributed by atoms with Gasteiger partial charge in [0.1, 0.15) is 13.2 Å². The van der Waals surface area contributed by atoms with Crippen molar-refractivity contribution in [2.24, 2.45) is 4.99 Å². The quantitative estimate of drug-likeness (QED) is 0.173. The Morgan fingerprint density at radius 2 is 1.88 bits per heavy atom. The molecule has 2 heterocycles. The number of methoxy groups -OCH3 is 1. The van der Waals surface area contributed by atoms with Gasteiger partial charge in [0.2, 0.25) is 0 Å². The summed E-state index contributed by atoms with van der Waals surface area (Å²) < 4.78 is 19.0. The maximum absolute atomic E-state index is 13.9. The third kappa shape index (κ3) is 6.06. The number of halogens is 2. The number of rotatable bonds is 9. The Bertz CT molecular complexity index is 1880. The summed E-state index contributed by atoms with van der Waals surface area (Å²) in [5, 5.41) is 0.896. The Labute approximate surface area is 256 Å². The van der Waals surface area contributed by atoms with Gasteiger partial charge in [-0.25, -0.2) is 9.79 Å². The summed E-state index contributed by atoms with van der Waals surface area (Å²) in [6.07, 6.45) is 3.17. The second-order valence-corrected chi connectivity index (χ2v) is 11.2. The molecule has 1 atom stereocenters. The van der Waals surface area contributed by atoms with Crippen LogP contribution in [0.1, 0.15) is 29.7 Å². The third-order valence-corrected chi connectivity index (χ3v) is 8.11. The van der Waals surface area contributed by atoms with E-state index in [1.807, 2.05) is 30.3 Å². The molecular weight excluding hydrogens is 595 g/mol. The van der Waals surface area contributed by atoms with Crippen molar-refractivity contribution < 1.29 is 19.0 Å². The minimum absolute atomic E-state index is 0.0113. The zero-order chi connectivity index (χ0) is 29.8. The minimum Gasteiger partial charge on any atom is -0.493 e. The van der Waals surface area contributed by atoms with Crippen LogP contribution in [0.2, 0.25) is 10.0 Å². The number of fused-ring (bicyclic) bond motifs is 1. The van der Waals surface area contributed by atoms with Crippen LogP contribution in [-0.2, 0) is 16.1 Å². The lowest BCUT2D eigenvalue weighted by Crippen LogP contribution is -2.40. The second-order valence-electron chi connectivity index (χ2n) is 9.32. The summed E-state index contributed by atoms with van der Waals surface area (Å²) in [5.41, 5.74) is 2.60. The SMILES string of the molecule is C=CCOC(=O)C1=C(C)N=c2s/c(=C\c3ccc(Cl)cc3Cl)c(=O)n2C1c1ccc(OCc2ccccc2)c(OC)c1. The van der Waals surface area contributed by atoms with Crippen LogP contribution < -0.4 is 24.4 Å². The van der Waals surface area contributed by atoms with E-state index in [1.165, 1.54) is 29.1 Å². The number of carbonyl (C=O) groups excluding carboxylic acids is 1. The number of hydrogen-bond donors (Lipinski definition) is 0. The van der Waals surface area contributed by atoms with Crippen LogP contribution in [0.4, 0.5) is 0 Å². The van der Waals surface area contributed by atoms with E-state index in [2.05, 4.69) is 11.6 Å². The van der Waals surface area contributed by atoms with Gasteiger partial charge in [0, 0.05) is 10.0 Å². The van der Waals surface area contributed by atoms with E-state index < -0.39 is 12.0 Å². The first kappa shape index (κ1) is 29.4. The first-order chi connectivity index (χ1) is 20.3. The predicted molar refractivity (Wildman–Crippen MR) is 165 cm³/mol. The normalized spacial score (nSPS) is 14.7. The highest BCUT2D eigenvalue weighted by atomic mass is 35.5. The maximum atomic E-state index is 13.9. The molecule has 1 unspecified atom stereocenters. The molecule has 0 saturated carbocycles. The van der Waals surface area contributed by atoms with Gasteiger partial charge in [-0.15, -0.1) is 0 Å². The molecule has 7 nitrogen and oxygen atoms in total. The van der Waals surface area contributed by atoms with Gasteiger partial charge in [-0.2, -0.15) is 0 Å². The van der Waals surface area contributed by atoms with Gasteiger partial charge < -0.3 is 14.2 Å². The molecule has 0 spiro atoms. The van der Waals surface area contributed by atoms with Gasteiger partial charge >= 0.3 is 5.97 Å². The fourth-order valence-electron chi connectivity index (χ4n) is 4.58. The van der Waals surface area contributed by atoms with Gasteiger partial charge in [-0.05, 0) is 54.0 Å². The Kier molecular flexibility index (Phi) is 8.97. The molecular formula is C32H26Cl2N2O5S. The number of carbonyl (C=O) groups is 1. The highest BCUT2D eigenvalue weighted by Crippen LogP contribution is 2.36. The lowest BCUT2D eigenvalue weighted by molar-refractivity contribution is -0.138. The van der Waals surface area contributed by atoms with E-state index in [0.29, 0.717) is 54.3 Å². The largest absolute Gasteiger partial charge is 0.493 e. The standard InChI is InChI=1S/C32H26Cl2N2O5S/c1-4-14-40-31(38)28-19(2)35-32-36(30(37)27(42-32)16-21-10-12-23(33)17-24(21)34)29(28)22-11-13-25(26(15-22)39-3)41-18-20-8-6-5-7-9-20/h4-13,15-17,29H,1,14,18H2,2-3H3/b27-16-. The van der Waals surface area contributed by atoms with Crippen molar-refractivity contribution in [3.8, 4) is 11.5 Å². The van der Waals surface area contributed by atoms with Gasteiger partial charge in [0.15, 0.2) is 16.3 Å². The number of thiazole rings is 1. The van der Waals surface area contributed by atoms with Crippen LogP contribution in [0, 0.1) is 0 Å². The van der Waals surface area contributed by atoms with Crippen molar-refractivity contribution in [3.63, 3.8) is 0 Å². The molecule has 4 aromatic rings. The Hall–Kier alpha value is -4.11. The summed E-state index contributed by atoms with van der Waals surface area (Å²) >= 11 is 13.6. The van der Waals surface area contributed by atoms with E-state index in [4.69, 9.17) is 37.4 Å². The summed E-state index contributed by atoms with van der Waals surface area (Å²) in [5.74, 6) is 0.373. The Balaban J connectivity index is 1.63. The Morgan fingerprint density at radius 3 is 2.60 bits per heavy atom. The van der Waals surface area contributed by atoms with Gasteiger partial charge in [0.05, 0.1) is 29.0 Å². The molecule has 0 saturated heterocycles. The number of aromatic nitrogens is 1. The van der Waals surface area contributed by atoms with Crippen molar-refractivity contribution in [1.82, 2.24) is 4.57 Å². The summed E-state index contributed by atoms with van der Waals surface area (Å²) in [7, 11) is 1.54. The molecule has 1 aliphatic rings. The van der Waals surface area contributed by atoms with Crippen LogP contribution in [-0.4, -0.2) is 24.3 Å². The monoisotopic (exact) mass is 620 g/mol. The van der Waals surface area contributed by atoms with Crippen LogP contribution in [0.15, 0.2) is 100 Å².